The van der Waals surface area contributed by atoms with Crippen LogP contribution in [0.15, 0.2) is 18.2 Å². The molecule has 9 heteroatoms. The van der Waals surface area contributed by atoms with Crippen LogP contribution in [0.1, 0.15) is 44.0 Å². The van der Waals surface area contributed by atoms with Gasteiger partial charge in [0, 0.05) is 19.2 Å². The average Bonchev–Trinajstić information content (AvgIpc) is 3.11. The molecular weight excluding hydrogens is 356 g/mol. The second-order valence-electron chi connectivity index (χ2n) is 8.15. The summed E-state index contributed by atoms with van der Waals surface area (Å²) in [4.78, 5) is 33.2. The minimum absolute atomic E-state index is 0.158. The monoisotopic (exact) mass is 378 g/mol. The molecule has 0 saturated heterocycles. The molecule has 9 nitrogen and oxygen atoms in total. The molecular formula is C18H22N2O7. The summed E-state index contributed by atoms with van der Waals surface area (Å²) in [7, 11) is 1.56. The predicted molar refractivity (Wildman–Crippen MR) is 94.4 cm³/mol. The second-order valence-corrected chi connectivity index (χ2v) is 8.15. The molecule has 0 spiro atoms. The van der Waals surface area contributed by atoms with E-state index in [4.69, 9.17) is 9.47 Å². The van der Waals surface area contributed by atoms with Crippen molar-refractivity contribution in [3.05, 3.63) is 44.0 Å². The highest BCUT2D eigenvalue weighted by Crippen LogP contribution is 2.67. The van der Waals surface area contributed by atoms with Crippen LogP contribution in [0.4, 0.5) is 11.4 Å². The molecule has 0 heterocycles. The SMILES string of the molecule is CO[C@@H]1C[C@H]2[C@@H](C[C@@]1(C)OC(=O)c1cc([N+](=O)[O-])cc([N+](=O)[O-])c1)C2(C)C. The molecule has 0 bridgehead atoms. The van der Waals surface area contributed by atoms with Crippen LogP contribution >= 0.6 is 0 Å². The molecule has 0 amide bonds. The molecule has 3 rings (SSSR count). The summed E-state index contributed by atoms with van der Waals surface area (Å²) in [6.07, 6.45) is 1.07. The van der Waals surface area contributed by atoms with E-state index in [0.717, 1.165) is 24.6 Å². The topological polar surface area (TPSA) is 122 Å². The number of benzene rings is 1. The fraction of sp³-hybridized carbons (Fsp3) is 0.611. The van der Waals surface area contributed by atoms with E-state index in [1.165, 1.54) is 0 Å². The van der Waals surface area contributed by atoms with Gasteiger partial charge in [-0.05, 0) is 37.0 Å². The van der Waals surface area contributed by atoms with Crippen LogP contribution in [0, 0.1) is 37.5 Å². The summed E-state index contributed by atoms with van der Waals surface area (Å²) in [6, 6.07) is 2.80. The van der Waals surface area contributed by atoms with Gasteiger partial charge < -0.3 is 9.47 Å². The van der Waals surface area contributed by atoms with Gasteiger partial charge in [-0.25, -0.2) is 4.79 Å². The van der Waals surface area contributed by atoms with Crippen LogP contribution in [-0.4, -0.2) is 34.6 Å². The highest BCUT2D eigenvalue weighted by Gasteiger charge is 2.65. The zero-order valence-electron chi connectivity index (χ0n) is 15.6. The Morgan fingerprint density at radius 2 is 1.63 bits per heavy atom. The van der Waals surface area contributed by atoms with Crippen LogP contribution in [-0.2, 0) is 9.47 Å². The van der Waals surface area contributed by atoms with Crippen molar-refractivity contribution in [3.8, 4) is 0 Å². The number of rotatable bonds is 5. The molecule has 0 aromatic heterocycles. The zero-order chi connectivity index (χ0) is 20.1. The molecule has 2 aliphatic carbocycles. The van der Waals surface area contributed by atoms with E-state index >= 15 is 0 Å². The van der Waals surface area contributed by atoms with Crippen molar-refractivity contribution < 1.29 is 24.1 Å². The number of fused-ring (bicyclic) bond motifs is 1. The lowest BCUT2D eigenvalue weighted by atomic mass is 9.83. The van der Waals surface area contributed by atoms with E-state index in [1.807, 2.05) is 0 Å². The molecule has 0 radical (unpaired) electrons. The number of methoxy groups -OCH3 is 1. The number of non-ortho nitro benzene ring substituents is 2. The van der Waals surface area contributed by atoms with E-state index in [-0.39, 0.29) is 17.1 Å². The summed E-state index contributed by atoms with van der Waals surface area (Å²) in [5.74, 6) is 0.0810. The van der Waals surface area contributed by atoms with E-state index in [2.05, 4.69) is 13.8 Å². The number of carbonyl (C=O) groups is 1. The highest BCUT2D eigenvalue weighted by molar-refractivity contribution is 5.91. The van der Waals surface area contributed by atoms with Crippen molar-refractivity contribution in [1.29, 1.82) is 0 Å². The number of nitrogens with zero attached hydrogens (tertiary/aromatic N) is 2. The number of nitro groups is 2. The van der Waals surface area contributed by atoms with E-state index in [1.54, 1.807) is 14.0 Å². The number of esters is 1. The number of ether oxygens (including phenoxy) is 2. The van der Waals surface area contributed by atoms with Crippen LogP contribution in [0.5, 0.6) is 0 Å². The lowest BCUT2D eigenvalue weighted by molar-refractivity contribution is -0.394. The first kappa shape index (κ1) is 19.2. The predicted octanol–water partition coefficient (Wildman–Crippen LogP) is 3.50. The van der Waals surface area contributed by atoms with Gasteiger partial charge in [0.2, 0.25) is 0 Å². The van der Waals surface area contributed by atoms with Crippen LogP contribution < -0.4 is 0 Å². The summed E-state index contributed by atoms with van der Waals surface area (Å²) in [5.41, 5.74) is -2.02. The minimum atomic E-state index is -0.903. The fourth-order valence-electron chi connectivity index (χ4n) is 4.43. The second kappa shape index (κ2) is 6.26. The molecule has 146 valence electrons. The number of nitro benzene ring substituents is 2. The summed E-state index contributed by atoms with van der Waals surface area (Å²) in [6.45, 7) is 6.13. The Bertz CT molecular complexity index is 790. The van der Waals surface area contributed by atoms with Gasteiger partial charge >= 0.3 is 5.97 Å². The zero-order valence-corrected chi connectivity index (χ0v) is 15.6. The highest BCUT2D eigenvalue weighted by atomic mass is 16.6. The van der Waals surface area contributed by atoms with Crippen LogP contribution in [0.3, 0.4) is 0 Å². The van der Waals surface area contributed by atoms with Crippen molar-refractivity contribution in [2.75, 3.05) is 7.11 Å². The molecule has 2 saturated carbocycles. The third-order valence-corrected chi connectivity index (χ3v) is 6.23. The Labute approximate surface area is 155 Å². The van der Waals surface area contributed by atoms with Crippen molar-refractivity contribution in [2.24, 2.45) is 17.3 Å². The maximum atomic E-state index is 12.7. The average molecular weight is 378 g/mol. The van der Waals surface area contributed by atoms with E-state index < -0.39 is 32.8 Å². The van der Waals surface area contributed by atoms with Gasteiger partial charge in [-0.2, -0.15) is 0 Å². The summed E-state index contributed by atoms with van der Waals surface area (Å²) >= 11 is 0. The van der Waals surface area contributed by atoms with Gasteiger partial charge in [-0.3, -0.25) is 20.2 Å². The molecule has 0 N–H and O–H groups in total. The largest absolute Gasteiger partial charge is 0.453 e. The summed E-state index contributed by atoms with van der Waals surface area (Å²) < 4.78 is 11.3. The van der Waals surface area contributed by atoms with Crippen molar-refractivity contribution in [2.45, 2.75) is 45.3 Å². The van der Waals surface area contributed by atoms with Crippen molar-refractivity contribution in [3.63, 3.8) is 0 Å². The third-order valence-electron chi connectivity index (χ3n) is 6.23. The Kier molecular flexibility index (Phi) is 4.46. The Morgan fingerprint density at radius 1 is 1.07 bits per heavy atom. The lowest BCUT2D eigenvalue weighted by Gasteiger charge is -2.39. The van der Waals surface area contributed by atoms with Crippen molar-refractivity contribution >= 4 is 17.3 Å². The molecule has 4 atom stereocenters. The van der Waals surface area contributed by atoms with Crippen LogP contribution in [0.2, 0.25) is 0 Å². The van der Waals surface area contributed by atoms with E-state index in [0.29, 0.717) is 18.3 Å². The minimum Gasteiger partial charge on any atom is -0.453 e. The quantitative estimate of drug-likeness (QED) is 0.436. The lowest BCUT2D eigenvalue weighted by Crippen LogP contribution is -2.47. The first-order chi connectivity index (χ1) is 12.5. The van der Waals surface area contributed by atoms with Gasteiger partial charge in [0.25, 0.3) is 11.4 Å². The standard InChI is InChI=1S/C18H22N2O7/c1-17(2)13-8-15(26-4)18(3,9-14(13)17)27-16(21)10-5-11(19(22)23)7-12(6-10)20(24)25/h5-7,13-15H,8-9H2,1-4H3/t13-,14+,15+,18+/m0/s1. The smallest absolute Gasteiger partial charge is 0.339 e. The van der Waals surface area contributed by atoms with Gasteiger partial charge in [0.15, 0.2) is 0 Å². The molecule has 1 aromatic carbocycles. The van der Waals surface area contributed by atoms with Gasteiger partial charge in [-0.1, -0.05) is 13.8 Å². The van der Waals surface area contributed by atoms with Crippen LogP contribution in [0.25, 0.3) is 0 Å². The number of hydrogen-bond donors (Lipinski definition) is 0. The first-order valence-electron chi connectivity index (χ1n) is 8.69. The van der Waals surface area contributed by atoms with E-state index in [9.17, 15) is 25.0 Å². The Hall–Kier alpha value is -2.55. The van der Waals surface area contributed by atoms with Gasteiger partial charge in [-0.15, -0.1) is 0 Å². The molecule has 1 aromatic rings. The number of hydrogen-bond acceptors (Lipinski definition) is 7. The number of carbonyl (C=O) groups excluding carboxylic acids is 1. The fourth-order valence-corrected chi connectivity index (χ4v) is 4.43. The summed E-state index contributed by atoms with van der Waals surface area (Å²) in [5, 5.41) is 22.1. The van der Waals surface area contributed by atoms with Gasteiger partial charge in [0.05, 0.1) is 27.6 Å². The Balaban J connectivity index is 1.88. The maximum Gasteiger partial charge on any atom is 0.339 e. The molecule has 0 aliphatic heterocycles. The normalized spacial score (nSPS) is 30.9. The third kappa shape index (κ3) is 3.27. The maximum absolute atomic E-state index is 12.7. The Morgan fingerprint density at radius 3 is 2.11 bits per heavy atom. The van der Waals surface area contributed by atoms with Crippen molar-refractivity contribution in [1.82, 2.24) is 0 Å². The molecule has 2 fully saturated rings. The van der Waals surface area contributed by atoms with Gasteiger partial charge in [0.1, 0.15) is 5.60 Å². The molecule has 2 aliphatic rings. The first-order valence-corrected chi connectivity index (χ1v) is 8.69. The molecule has 27 heavy (non-hydrogen) atoms. The molecule has 0 unspecified atom stereocenters.